The van der Waals surface area contributed by atoms with E-state index in [0.717, 1.165) is 19.6 Å². The molecular weight excluding hydrogens is 142 g/mol. The normalized spacial score (nSPS) is 9.91. The second-order valence-electron chi connectivity index (χ2n) is 2.12. The topological polar surface area (TPSA) is 44.5 Å². The molecule has 0 heterocycles. The molecular formula is C8H17NO2. The highest BCUT2D eigenvalue weighted by Crippen LogP contribution is 1.84. The highest BCUT2D eigenvalue weighted by Gasteiger charge is 1.87. The van der Waals surface area contributed by atoms with E-state index in [9.17, 15) is 0 Å². The third-order valence-electron chi connectivity index (χ3n) is 1.08. The molecule has 66 valence electrons. The van der Waals surface area contributed by atoms with Gasteiger partial charge in [0.1, 0.15) is 0 Å². The van der Waals surface area contributed by atoms with E-state index in [-0.39, 0.29) is 0 Å². The molecule has 0 aliphatic rings. The number of rotatable bonds is 8. The largest absolute Gasteiger partial charge is 0.380 e. The average molecular weight is 159 g/mol. The van der Waals surface area contributed by atoms with Gasteiger partial charge in [0.15, 0.2) is 0 Å². The van der Waals surface area contributed by atoms with E-state index in [4.69, 9.17) is 15.2 Å². The van der Waals surface area contributed by atoms with Crippen LogP contribution in [-0.4, -0.2) is 33.0 Å². The van der Waals surface area contributed by atoms with Crippen LogP contribution < -0.4 is 5.73 Å². The van der Waals surface area contributed by atoms with Gasteiger partial charge in [0.2, 0.25) is 0 Å². The van der Waals surface area contributed by atoms with E-state index >= 15 is 0 Å². The summed E-state index contributed by atoms with van der Waals surface area (Å²) in [6, 6.07) is 0. The summed E-state index contributed by atoms with van der Waals surface area (Å²) in [5.74, 6) is 0. The van der Waals surface area contributed by atoms with Gasteiger partial charge in [-0.2, -0.15) is 0 Å². The average Bonchev–Trinajstić information content (AvgIpc) is 2.03. The minimum Gasteiger partial charge on any atom is -0.380 e. The molecule has 0 atom stereocenters. The second kappa shape index (κ2) is 9.62. The van der Waals surface area contributed by atoms with Crippen molar-refractivity contribution in [3.8, 4) is 0 Å². The number of nitrogens with two attached hydrogens (primary N) is 1. The fourth-order valence-corrected chi connectivity index (χ4v) is 0.615. The summed E-state index contributed by atoms with van der Waals surface area (Å²) in [4.78, 5) is 0. The Bertz CT molecular complexity index is 86.2. The fourth-order valence-electron chi connectivity index (χ4n) is 0.615. The van der Waals surface area contributed by atoms with E-state index < -0.39 is 0 Å². The van der Waals surface area contributed by atoms with Crippen molar-refractivity contribution < 1.29 is 9.47 Å². The first kappa shape index (κ1) is 10.6. The minimum atomic E-state index is 0.591. The van der Waals surface area contributed by atoms with E-state index in [1.54, 1.807) is 6.08 Å². The standard InChI is InChI=1S/C8H17NO2/c1-2-5-10-6-3-7-11-8-4-9/h2H,1,3-9H2. The predicted molar refractivity (Wildman–Crippen MR) is 45.5 cm³/mol. The Morgan fingerprint density at radius 2 is 1.91 bits per heavy atom. The molecule has 0 aromatic rings. The van der Waals surface area contributed by atoms with E-state index in [0.29, 0.717) is 19.8 Å². The maximum atomic E-state index is 5.22. The van der Waals surface area contributed by atoms with Gasteiger partial charge in [-0.25, -0.2) is 0 Å². The summed E-state index contributed by atoms with van der Waals surface area (Å²) < 4.78 is 10.3. The summed E-state index contributed by atoms with van der Waals surface area (Å²) >= 11 is 0. The molecule has 0 aliphatic carbocycles. The zero-order chi connectivity index (χ0) is 8.36. The number of hydrogen-bond acceptors (Lipinski definition) is 3. The zero-order valence-corrected chi connectivity index (χ0v) is 6.92. The molecule has 0 rings (SSSR count). The van der Waals surface area contributed by atoms with Crippen molar-refractivity contribution in [2.75, 3.05) is 33.0 Å². The Morgan fingerprint density at radius 3 is 2.55 bits per heavy atom. The van der Waals surface area contributed by atoms with Gasteiger partial charge in [-0.3, -0.25) is 0 Å². The van der Waals surface area contributed by atoms with Crippen molar-refractivity contribution >= 4 is 0 Å². The van der Waals surface area contributed by atoms with Crippen LogP contribution in [0.4, 0.5) is 0 Å². The first-order valence-corrected chi connectivity index (χ1v) is 3.88. The van der Waals surface area contributed by atoms with E-state index in [1.165, 1.54) is 0 Å². The molecule has 0 saturated heterocycles. The summed E-state index contributed by atoms with van der Waals surface area (Å²) in [5, 5.41) is 0. The van der Waals surface area contributed by atoms with E-state index in [1.807, 2.05) is 0 Å². The molecule has 0 aromatic carbocycles. The smallest absolute Gasteiger partial charge is 0.0644 e. The van der Waals surface area contributed by atoms with Gasteiger partial charge in [0.05, 0.1) is 13.2 Å². The van der Waals surface area contributed by atoms with E-state index in [2.05, 4.69) is 6.58 Å². The molecule has 3 nitrogen and oxygen atoms in total. The van der Waals surface area contributed by atoms with Crippen LogP contribution in [-0.2, 0) is 9.47 Å². The zero-order valence-electron chi connectivity index (χ0n) is 6.92. The SMILES string of the molecule is C=CCOCCCOCCN. The lowest BCUT2D eigenvalue weighted by atomic mass is 10.5. The molecule has 2 N–H and O–H groups in total. The maximum Gasteiger partial charge on any atom is 0.0644 e. The quantitative estimate of drug-likeness (QED) is 0.415. The van der Waals surface area contributed by atoms with Crippen molar-refractivity contribution in [3.05, 3.63) is 12.7 Å². The highest BCUT2D eigenvalue weighted by atomic mass is 16.5. The Balaban J connectivity index is 2.74. The maximum absolute atomic E-state index is 5.22. The van der Waals surface area contributed by atoms with Gasteiger partial charge in [0.25, 0.3) is 0 Å². The lowest BCUT2D eigenvalue weighted by molar-refractivity contribution is 0.0970. The van der Waals surface area contributed by atoms with Crippen LogP contribution in [0.3, 0.4) is 0 Å². The Hall–Kier alpha value is -0.380. The monoisotopic (exact) mass is 159 g/mol. The molecule has 3 heteroatoms. The molecule has 11 heavy (non-hydrogen) atoms. The summed E-state index contributed by atoms with van der Waals surface area (Å²) in [7, 11) is 0. The van der Waals surface area contributed by atoms with Gasteiger partial charge in [-0.1, -0.05) is 6.08 Å². The summed E-state index contributed by atoms with van der Waals surface area (Å²) in [5.41, 5.74) is 5.22. The summed E-state index contributed by atoms with van der Waals surface area (Å²) in [6.45, 7) is 6.85. The molecule has 0 bridgehead atoms. The number of ether oxygens (including phenoxy) is 2. The Morgan fingerprint density at radius 1 is 1.18 bits per heavy atom. The van der Waals surface area contributed by atoms with Gasteiger partial charge in [0, 0.05) is 19.8 Å². The van der Waals surface area contributed by atoms with Crippen molar-refractivity contribution in [2.24, 2.45) is 5.73 Å². The Kier molecular flexibility index (Phi) is 9.29. The fraction of sp³-hybridized carbons (Fsp3) is 0.750. The Labute approximate surface area is 68.2 Å². The summed E-state index contributed by atoms with van der Waals surface area (Å²) in [6.07, 6.45) is 2.66. The first-order chi connectivity index (χ1) is 5.41. The number of hydrogen-bond donors (Lipinski definition) is 1. The van der Waals surface area contributed by atoms with Crippen LogP contribution in [0.2, 0.25) is 0 Å². The highest BCUT2D eigenvalue weighted by molar-refractivity contribution is 4.63. The van der Waals surface area contributed by atoms with Gasteiger partial charge in [-0.15, -0.1) is 6.58 Å². The van der Waals surface area contributed by atoms with Crippen LogP contribution in [0.1, 0.15) is 6.42 Å². The van der Waals surface area contributed by atoms with Crippen molar-refractivity contribution in [1.29, 1.82) is 0 Å². The van der Waals surface area contributed by atoms with Crippen molar-refractivity contribution in [3.63, 3.8) is 0 Å². The van der Waals surface area contributed by atoms with Crippen LogP contribution in [0, 0.1) is 0 Å². The third kappa shape index (κ3) is 9.62. The van der Waals surface area contributed by atoms with Crippen molar-refractivity contribution in [2.45, 2.75) is 6.42 Å². The second-order valence-corrected chi connectivity index (χ2v) is 2.12. The molecule has 0 amide bonds. The molecule has 0 fully saturated rings. The van der Waals surface area contributed by atoms with Gasteiger partial charge < -0.3 is 15.2 Å². The van der Waals surface area contributed by atoms with Crippen LogP contribution in [0.15, 0.2) is 12.7 Å². The first-order valence-electron chi connectivity index (χ1n) is 3.88. The lowest BCUT2D eigenvalue weighted by Gasteiger charge is -2.01. The molecule has 0 aromatic heterocycles. The van der Waals surface area contributed by atoms with Crippen molar-refractivity contribution in [1.82, 2.24) is 0 Å². The lowest BCUT2D eigenvalue weighted by Crippen LogP contribution is -2.10. The molecule has 0 saturated carbocycles. The molecule has 0 aliphatic heterocycles. The third-order valence-corrected chi connectivity index (χ3v) is 1.08. The molecule has 0 radical (unpaired) electrons. The van der Waals surface area contributed by atoms with Crippen LogP contribution >= 0.6 is 0 Å². The van der Waals surface area contributed by atoms with Gasteiger partial charge in [-0.05, 0) is 6.42 Å². The van der Waals surface area contributed by atoms with Crippen LogP contribution in [0.25, 0.3) is 0 Å². The minimum absolute atomic E-state index is 0.591. The van der Waals surface area contributed by atoms with Crippen LogP contribution in [0.5, 0.6) is 0 Å². The predicted octanol–water partition coefficient (Wildman–Crippen LogP) is 0.554. The molecule has 0 unspecified atom stereocenters. The molecule has 0 spiro atoms. The van der Waals surface area contributed by atoms with Gasteiger partial charge >= 0.3 is 0 Å².